The summed E-state index contributed by atoms with van der Waals surface area (Å²) in [5, 5.41) is 3.17. The summed E-state index contributed by atoms with van der Waals surface area (Å²) < 4.78 is 38.1. The van der Waals surface area contributed by atoms with Gasteiger partial charge in [-0.1, -0.05) is 17.7 Å². The molecule has 0 bridgehead atoms. The highest BCUT2D eigenvalue weighted by Crippen LogP contribution is 2.34. The number of halogens is 1. The third-order valence-electron chi connectivity index (χ3n) is 5.63. The predicted octanol–water partition coefficient (Wildman–Crippen LogP) is 2.61. The lowest BCUT2D eigenvalue weighted by atomic mass is 9.95. The lowest BCUT2D eigenvalue weighted by molar-refractivity contribution is -0.135. The molecular weight excluding hydrogens is 470 g/mol. The maximum absolute atomic E-state index is 12.8. The van der Waals surface area contributed by atoms with Gasteiger partial charge in [0.2, 0.25) is 28.6 Å². The standard InChI is InChI=1S/C22H24ClN3O6S/c1-14(25-33(29,30)18-4-2-3-16(23)11-18)22(28)26-9-7-15(8-10-26)21(27)24-17-5-6-19-20(12-17)32-13-31-19/h2-6,11-12,14-15,25H,7-10,13H2,1H3,(H,24,27). The number of hydrogen-bond acceptors (Lipinski definition) is 6. The Kier molecular flexibility index (Phi) is 6.78. The minimum Gasteiger partial charge on any atom is -0.454 e. The van der Waals surface area contributed by atoms with Gasteiger partial charge in [0.1, 0.15) is 0 Å². The van der Waals surface area contributed by atoms with Crippen LogP contribution in [0.2, 0.25) is 5.02 Å². The highest BCUT2D eigenvalue weighted by molar-refractivity contribution is 7.89. The molecule has 0 aromatic heterocycles. The van der Waals surface area contributed by atoms with E-state index in [-0.39, 0.29) is 34.4 Å². The van der Waals surface area contributed by atoms with E-state index in [2.05, 4.69) is 10.0 Å². The van der Waals surface area contributed by atoms with Gasteiger partial charge in [0.15, 0.2) is 11.5 Å². The molecule has 2 aromatic carbocycles. The Labute approximate surface area is 197 Å². The fourth-order valence-electron chi connectivity index (χ4n) is 3.84. The third-order valence-corrected chi connectivity index (χ3v) is 7.40. The number of amides is 2. The summed E-state index contributed by atoms with van der Waals surface area (Å²) in [6.07, 6.45) is 0.964. The van der Waals surface area contributed by atoms with Crippen molar-refractivity contribution in [3.05, 3.63) is 47.5 Å². The smallest absolute Gasteiger partial charge is 0.241 e. The first-order chi connectivity index (χ1) is 15.7. The highest BCUT2D eigenvalue weighted by atomic mass is 35.5. The van der Waals surface area contributed by atoms with E-state index in [1.54, 1.807) is 29.2 Å². The summed E-state index contributed by atoms with van der Waals surface area (Å²) in [6, 6.07) is 10.1. The van der Waals surface area contributed by atoms with E-state index in [0.29, 0.717) is 43.1 Å². The van der Waals surface area contributed by atoms with Crippen LogP contribution in [0.25, 0.3) is 0 Å². The Morgan fingerprint density at radius 2 is 1.82 bits per heavy atom. The summed E-state index contributed by atoms with van der Waals surface area (Å²) in [5.74, 6) is 0.506. The quantitative estimate of drug-likeness (QED) is 0.639. The van der Waals surface area contributed by atoms with Gasteiger partial charge >= 0.3 is 0 Å². The van der Waals surface area contributed by atoms with Crippen LogP contribution in [0.5, 0.6) is 11.5 Å². The van der Waals surface area contributed by atoms with E-state index in [4.69, 9.17) is 21.1 Å². The number of anilines is 1. The van der Waals surface area contributed by atoms with Gasteiger partial charge in [0.25, 0.3) is 0 Å². The molecule has 2 heterocycles. The molecule has 176 valence electrons. The van der Waals surface area contributed by atoms with Gasteiger partial charge in [-0.15, -0.1) is 0 Å². The number of likely N-dealkylation sites (tertiary alicyclic amines) is 1. The second kappa shape index (κ2) is 9.58. The largest absolute Gasteiger partial charge is 0.454 e. The number of piperidine rings is 1. The zero-order chi connectivity index (χ0) is 23.6. The van der Waals surface area contributed by atoms with Gasteiger partial charge in [-0.25, -0.2) is 8.42 Å². The number of rotatable bonds is 6. The van der Waals surface area contributed by atoms with Crippen LogP contribution >= 0.6 is 11.6 Å². The van der Waals surface area contributed by atoms with Crippen LogP contribution in [-0.2, 0) is 19.6 Å². The van der Waals surface area contributed by atoms with Crippen LogP contribution < -0.4 is 19.5 Å². The summed E-state index contributed by atoms with van der Waals surface area (Å²) in [7, 11) is -3.89. The van der Waals surface area contributed by atoms with E-state index < -0.39 is 16.1 Å². The van der Waals surface area contributed by atoms with Crippen molar-refractivity contribution in [1.82, 2.24) is 9.62 Å². The van der Waals surface area contributed by atoms with E-state index in [0.717, 1.165) is 0 Å². The van der Waals surface area contributed by atoms with Crippen LogP contribution in [0.1, 0.15) is 19.8 Å². The van der Waals surface area contributed by atoms with Crippen molar-refractivity contribution in [3.8, 4) is 11.5 Å². The minimum atomic E-state index is -3.89. The number of carbonyl (C=O) groups is 2. The van der Waals surface area contributed by atoms with E-state index in [1.807, 2.05) is 0 Å². The topological polar surface area (TPSA) is 114 Å². The molecule has 1 fully saturated rings. The Bertz CT molecular complexity index is 1160. The van der Waals surface area contributed by atoms with Crippen molar-refractivity contribution in [2.45, 2.75) is 30.7 Å². The fraction of sp³-hybridized carbons (Fsp3) is 0.364. The number of benzene rings is 2. The fourth-order valence-corrected chi connectivity index (χ4v) is 5.34. The monoisotopic (exact) mass is 493 g/mol. The molecule has 9 nitrogen and oxygen atoms in total. The van der Waals surface area contributed by atoms with Gasteiger partial charge in [-0.3, -0.25) is 9.59 Å². The molecule has 1 saturated heterocycles. The summed E-state index contributed by atoms with van der Waals surface area (Å²) >= 11 is 5.87. The van der Waals surface area contributed by atoms with Crippen molar-refractivity contribution in [2.24, 2.45) is 5.92 Å². The summed E-state index contributed by atoms with van der Waals surface area (Å²) in [6.45, 7) is 2.39. The summed E-state index contributed by atoms with van der Waals surface area (Å²) in [5.41, 5.74) is 0.617. The normalized spacial score (nSPS) is 17.0. The molecule has 0 spiro atoms. The van der Waals surface area contributed by atoms with Crippen LogP contribution in [0, 0.1) is 5.92 Å². The molecule has 1 atom stereocenters. The molecule has 2 aliphatic heterocycles. The van der Waals surface area contributed by atoms with Crippen molar-refractivity contribution >= 4 is 39.1 Å². The number of sulfonamides is 1. The van der Waals surface area contributed by atoms with Crippen molar-refractivity contribution in [3.63, 3.8) is 0 Å². The number of nitrogens with one attached hydrogen (secondary N) is 2. The van der Waals surface area contributed by atoms with Crippen LogP contribution in [0.15, 0.2) is 47.4 Å². The average Bonchev–Trinajstić information content (AvgIpc) is 3.26. The van der Waals surface area contributed by atoms with E-state index >= 15 is 0 Å². The lowest BCUT2D eigenvalue weighted by Crippen LogP contribution is -2.50. The molecule has 2 amide bonds. The van der Waals surface area contributed by atoms with Crippen molar-refractivity contribution in [1.29, 1.82) is 0 Å². The first-order valence-corrected chi connectivity index (χ1v) is 12.4. The van der Waals surface area contributed by atoms with Crippen LogP contribution in [0.3, 0.4) is 0 Å². The molecular formula is C22H24ClN3O6S. The van der Waals surface area contributed by atoms with Gasteiger partial charge < -0.3 is 19.7 Å². The lowest BCUT2D eigenvalue weighted by Gasteiger charge is -2.33. The number of hydrogen-bond donors (Lipinski definition) is 2. The second-order valence-corrected chi connectivity index (χ2v) is 10.1. The highest BCUT2D eigenvalue weighted by Gasteiger charge is 2.31. The maximum Gasteiger partial charge on any atom is 0.241 e. The SMILES string of the molecule is CC(NS(=O)(=O)c1cccc(Cl)c1)C(=O)N1CCC(C(=O)Nc2ccc3c(c2)OCO3)CC1. The number of carbonyl (C=O) groups excluding carboxylic acids is 2. The Morgan fingerprint density at radius 3 is 2.55 bits per heavy atom. The Balaban J connectivity index is 1.29. The molecule has 0 radical (unpaired) electrons. The van der Waals surface area contributed by atoms with Crippen LogP contribution in [-0.4, -0.2) is 51.1 Å². The number of ether oxygens (including phenoxy) is 2. The number of nitrogens with zero attached hydrogens (tertiary/aromatic N) is 1. The van der Waals surface area contributed by atoms with Gasteiger partial charge in [0, 0.05) is 35.8 Å². The minimum absolute atomic E-state index is 0.00598. The Hall–Kier alpha value is -2.82. The second-order valence-electron chi connectivity index (χ2n) is 7.96. The molecule has 4 rings (SSSR count). The molecule has 11 heteroatoms. The van der Waals surface area contributed by atoms with E-state index in [9.17, 15) is 18.0 Å². The van der Waals surface area contributed by atoms with Gasteiger partial charge in [-0.2, -0.15) is 4.72 Å². The molecule has 2 aliphatic rings. The molecule has 1 unspecified atom stereocenters. The zero-order valence-corrected chi connectivity index (χ0v) is 19.5. The predicted molar refractivity (Wildman–Crippen MR) is 122 cm³/mol. The molecule has 0 saturated carbocycles. The average molecular weight is 494 g/mol. The van der Waals surface area contributed by atoms with Crippen molar-refractivity contribution in [2.75, 3.05) is 25.2 Å². The molecule has 2 aromatic rings. The first kappa shape index (κ1) is 23.3. The Morgan fingerprint density at radius 1 is 1.09 bits per heavy atom. The van der Waals surface area contributed by atoms with Gasteiger partial charge in [0.05, 0.1) is 10.9 Å². The third kappa shape index (κ3) is 5.40. The molecule has 33 heavy (non-hydrogen) atoms. The molecule has 2 N–H and O–H groups in total. The van der Waals surface area contributed by atoms with Gasteiger partial charge in [-0.05, 0) is 50.1 Å². The molecule has 0 aliphatic carbocycles. The van der Waals surface area contributed by atoms with Crippen molar-refractivity contribution < 1.29 is 27.5 Å². The number of fused-ring (bicyclic) bond motifs is 1. The van der Waals surface area contributed by atoms with Crippen LogP contribution in [0.4, 0.5) is 5.69 Å². The van der Waals surface area contributed by atoms with E-state index in [1.165, 1.54) is 25.1 Å². The summed E-state index contributed by atoms with van der Waals surface area (Å²) in [4.78, 5) is 27.0. The first-order valence-electron chi connectivity index (χ1n) is 10.5. The zero-order valence-electron chi connectivity index (χ0n) is 17.9. The maximum atomic E-state index is 12.8.